The number of Topliss-reactive ketones (excluding diaryl/α,β-unsaturated/α-hetero) is 1. The molecule has 0 atom stereocenters. The summed E-state index contributed by atoms with van der Waals surface area (Å²) in [5.74, 6) is 2.73. The third-order valence-electron chi connectivity index (χ3n) is 4.03. The van der Waals surface area contributed by atoms with Crippen LogP contribution in [0.15, 0.2) is 11.8 Å². The molecule has 0 aromatic rings. The van der Waals surface area contributed by atoms with E-state index in [4.69, 9.17) is 4.74 Å². The van der Waals surface area contributed by atoms with Gasteiger partial charge < -0.3 is 4.74 Å². The molecule has 2 aliphatic rings. The lowest BCUT2D eigenvalue weighted by atomic mass is 9.75. The molecule has 0 saturated heterocycles. The van der Waals surface area contributed by atoms with Gasteiger partial charge >= 0.3 is 0 Å². The first-order chi connectivity index (χ1) is 7.68. The van der Waals surface area contributed by atoms with Crippen LogP contribution in [0.3, 0.4) is 0 Å². The first kappa shape index (κ1) is 11.7. The molecule has 0 aromatic heterocycles. The van der Waals surface area contributed by atoms with Gasteiger partial charge in [-0.2, -0.15) is 0 Å². The number of ether oxygens (including phenoxy) is 1. The van der Waals surface area contributed by atoms with Gasteiger partial charge in [0, 0.05) is 12.3 Å². The fourth-order valence-electron chi connectivity index (χ4n) is 2.84. The molecule has 0 amide bonds. The first-order valence-corrected chi connectivity index (χ1v) is 6.55. The van der Waals surface area contributed by atoms with Crippen molar-refractivity contribution in [1.29, 1.82) is 0 Å². The highest BCUT2D eigenvalue weighted by Crippen LogP contribution is 2.35. The number of carbonyl (C=O) groups excluding carboxylic acids is 1. The van der Waals surface area contributed by atoms with E-state index in [2.05, 4.69) is 13.8 Å². The average Bonchev–Trinajstić information content (AvgIpc) is 2.81. The second-order valence-electron chi connectivity index (χ2n) is 5.43. The SMILES string of the molecule is CC(C)C1CCC(C(=O)C2=CCCO2)CC1. The summed E-state index contributed by atoms with van der Waals surface area (Å²) >= 11 is 0. The minimum absolute atomic E-state index is 0.236. The maximum absolute atomic E-state index is 12.1. The fourth-order valence-corrected chi connectivity index (χ4v) is 2.84. The summed E-state index contributed by atoms with van der Waals surface area (Å²) in [7, 11) is 0. The molecule has 16 heavy (non-hydrogen) atoms. The molecule has 2 heteroatoms. The molecule has 1 aliphatic carbocycles. The van der Waals surface area contributed by atoms with Gasteiger partial charge in [0.2, 0.25) is 0 Å². The van der Waals surface area contributed by atoms with Crippen LogP contribution in [-0.2, 0) is 9.53 Å². The third kappa shape index (κ3) is 2.47. The second kappa shape index (κ2) is 5.03. The van der Waals surface area contributed by atoms with Crippen LogP contribution in [0.4, 0.5) is 0 Å². The van der Waals surface area contributed by atoms with E-state index in [-0.39, 0.29) is 11.7 Å². The normalized spacial score (nSPS) is 30.1. The smallest absolute Gasteiger partial charge is 0.200 e. The van der Waals surface area contributed by atoms with Crippen LogP contribution in [0, 0.1) is 17.8 Å². The van der Waals surface area contributed by atoms with Gasteiger partial charge in [-0.05, 0) is 43.6 Å². The average molecular weight is 222 g/mol. The van der Waals surface area contributed by atoms with Gasteiger partial charge in [-0.15, -0.1) is 0 Å². The van der Waals surface area contributed by atoms with E-state index in [0.717, 1.165) is 31.1 Å². The molecular formula is C14H22O2. The maximum atomic E-state index is 12.1. The van der Waals surface area contributed by atoms with E-state index >= 15 is 0 Å². The summed E-state index contributed by atoms with van der Waals surface area (Å²) < 4.78 is 5.35. The molecule has 1 heterocycles. The molecule has 2 nitrogen and oxygen atoms in total. The van der Waals surface area contributed by atoms with Gasteiger partial charge in [0.15, 0.2) is 11.5 Å². The molecule has 0 radical (unpaired) electrons. The molecular weight excluding hydrogens is 200 g/mol. The maximum Gasteiger partial charge on any atom is 0.200 e. The highest BCUT2D eigenvalue weighted by molar-refractivity contribution is 5.95. The van der Waals surface area contributed by atoms with Crippen LogP contribution in [0.1, 0.15) is 46.0 Å². The Morgan fingerprint density at radius 3 is 2.50 bits per heavy atom. The Bertz CT molecular complexity index is 283. The highest BCUT2D eigenvalue weighted by atomic mass is 16.5. The molecule has 1 saturated carbocycles. The zero-order chi connectivity index (χ0) is 11.5. The predicted molar refractivity (Wildman–Crippen MR) is 63.9 cm³/mol. The van der Waals surface area contributed by atoms with Crippen molar-refractivity contribution in [3.63, 3.8) is 0 Å². The molecule has 2 rings (SSSR count). The zero-order valence-corrected chi connectivity index (χ0v) is 10.4. The Morgan fingerprint density at radius 2 is 2.00 bits per heavy atom. The lowest BCUT2D eigenvalue weighted by molar-refractivity contribution is -0.123. The standard InChI is InChI=1S/C14H22O2/c1-10(2)11-5-7-12(8-6-11)14(15)13-4-3-9-16-13/h4,10-12H,3,5-9H2,1-2H3. The van der Waals surface area contributed by atoms with Crippen LogP contribution < -0.4 is 0 Å². The van der Waals surface area contributed by atoms with Gasteiger partial charge in [0.1, 0.15) is 0 Å². The number of carbonyl (C=O) groups is 1. The van der Waals surface area contributed by atoms with Crippen molar-refractivity contribution in [3.8, 4) is 0 Å². The Balaban J connectivity index is 1.86. The first-order valence-electron chi connectivity index (χ1n) is 6.55. The van der Waals surface area contributed by atoms with Crippen LogP contribution >= 0.6 is 0 Å². The van der Waals surface area contributed by atoms with Crippen LogP contribution in [0.25, 0.3) is 0 Å². The van der Waals surface area contributed by atoms with Crippen LogP contribution in [0.5, 0.6) is 0 Å². The largest absolute Gasteiger partial charge is 0.490 e. The topological polar surface area (TPSA) is 26.3 Å². The van der Waals surface area contributed by atoms with Crippen molar-refractivity contribution in [2.75, 3.05) is 6.61 Å². The number of hydrogen-bond donors (Lipinski definition) is 0. The molecule has 0 aromatic carbocycles. The number of allylic oxidation sites excluding steroid dienone is 1. The lowest BCUT2D eigenvalue weighted by Crippen LogP contribution is -2.25. The molecule has 90 valence electrons. The fraction of sp³-hybridized carbons (Fsp3) is 0.786. The zero-order valence-electron chi connectivity index (χ0n) is 10.4. The minimum atomic E-state index is 0.236. The molecule has 0 unspecified atom stereocenters. The number of hydrogen-bond acceptors (Lipinski definition) is 2. The Kier molecular flexibility index (Phi) is 3.67. The summed E-state index contributed by atoms with van der Waals surface area (Å²) in [5, 5.41) is 0. The Labute approximate surface area is 98.1 Å². The van der Waals surface area contributed by atoms with Gasteiger partial charge in [-0.1, -0.05) is 13.8 Å². The number of rotatable bonds is 3. The van der Waals surface area contributed by atoms with E-state index in [1.54, 1.807) is 0 Å². The second-order valence-corrected chi connectivity index (χ2v) is 5.43. The number of ketones is 1. The molecule has 1 fully saturated rings. The van der Waals surface area contributed by atoms with Crippen LogP contribution in [0.2, 0.25) is 0 Å². The van der Waals surface area contributed by atoms with Gasteiger partial charge in [-0.3, -0.25) is 4.79 Å². The van der Waals surface area contributed by atoms with Crippen molar-refractivity contribution in [2.45, 2.75) is 46.0 Å². The van der Waals surface area contributed by atoms with E-state index in [0.29, 0.717) is 12.4 Å². The minimum Gasteiger partial charge on any atom is -0.490 e. The van der Waals surface area contributed by atoms with E-state index in [1.807, 2.05) is 6.08 Å². The Hall–Kier alpha value is -0.790. The summed E-state index contributed by atoms with van der Waals surface area (Å²) in [5.41, 5.74) is 0. The Morgan fingerprint density at radius 1 is 1.31 bits per heavy atom. The highest BCUT2D eigenvalue weighted by Gasteiger charge is 2.30. The molecule has 0 N–H and O–H groups in total. The summed E-state index contributed by atoms with van der Waals surface area (Å²) in [4.78, 5) is 12.1. The van der Waals surface area contributed by atoms with Crippen LogP contribution in [-0.4, -0.2) is 12.4 Å². The summed E-state index contributed by atoms with van der Waals surface area (Å²) in [6.07, 6.45) is 7.40. The molecule has 0 bridgehead atoms. The van der Waals surface area contributed by atoms with Crippen molar-refractivity contribution in [3.05, 3.63) is 11.8 Å². The van der Waals surface area contributed by atoms with Crippen molar-refractivity contribution >= 4 is 5.78 Å². The summed E-state index contributed by atoms with van der Waals surface area (Å²) in [6.45, 7) is 5.27. The van der Waals surface area contributed by atoms with Crippen molar-refractivity contribution in [1.82, 2.24) is 0 Å². The van der Waals surface area contributed by atoms with Crippen molar-refractivity contribution < 1.29 is 9.53 Å². The molecule has 0 spiro atoms. The van der Waals surface area contributed by atoms with E-state index in [1.165, 1.54) is 12.8 Å². The predicted octanol–water partition coefficient (Wildman–Crippen LogP) is 3.32. The van der Waals surface area contributed by atoms with Crippen molar-refractivity contribution in [2.24, 2.45) is 17.8 Å². The van der Waals surface area contributed by atoms with E-state index in [9.17, 15) is 4.79 Å². The quantitative estimate of drug-likeness (QED) is 0.732. The van der Waals surface area contributed by atoms with E-state index < -0.39 is 0 Å². The third-order valence-corrected chi connectivity index (χ3v) is 4.03. The van der Waals surface area contributed by atoms with Gasteiger partial charge in [-0.25, -0.2) is 0 Å². The lowest BCUT2D eigenvalue weighted by Gasteiger charge is -2.30. The van der Waals surface area contributed by atoms with Gasteiger partial charge in [0.05, 0.1) is 6.61 Å². The summed E-state index contributed by atoms with van der Waals surface area (Å²) in [6, 6.07) is 0. The van der Waals surface area contributed by atoms with Gasteiger partial charge in [0.25, 0.3) is 0 Å². The monoisotopic (exact) mass is 222 g/mol. The molecule has 1 aliphatic heterocycles.